The molecule has 4 aliphatic rings. The van der Waals surface area contributed by atoms with E-state index in [4.69, 9.17) is 29.5 Å². The number of hydrazine groups is 1. The number of likely N-dealkylation sites (N-methyl/N-ethyl adjacent to an activating group) is 1. The zero-order valence-corrected chi connectivity index (χ0v) is 25.5. The second kappa shape index (κ2) is 11.5. The van der Waals surface area contributed by atoms with E-state index in [2.05, 4.69) is 12.3 Å². The molecule has 40 heavy (non-hydrogen) atoms. The van der Waals surface area contributed by atoms with E-state index in [-0.39, 0.29) is 18.1 Å². The summed E-state index contributed by atoms with van der Waals surface area (Å²) in [5, 5.41) is 22.8. The number of esters is 1. The number of rotatable bonds is 6. The van der Waals surface area contributed by atoms with Crippen LogP contribution >= 0.6 is 0 Å². The van der Waals surface area contributed by atoms with Crippen LogP contribution < -0.4 is 11.3 Å². The van der Waals surface area contributed by atoms with Crippen LogP contribution in [0, 0.1) is 17.8 Å². The van der Waals surface area contributed by atoms with Gasteiger partial charge in [0.25, 0.3) is 0 Å². The molecule has 0 amide bonds. The molecule has 11 heteroatoms. The van der Waals surface area contributed by atoms with Crippen molar-refractivity contribution < 1.29 is 38.7 Å². The van der Waals surface area contributed by atoms with Gasteiger partial charge in [0.2, 0.25) is 0 Å². The molecular formula is C29H51N3O8. The minimum absolute atomic E-state index is 0.133. The van der Waals surface area contributed by atoms with E-state index >= 15 is 0 Å². The average Bonchev–Trinajstić information content (AvgIpc) is 3.32. The Kier molecular flexibility index (Phi) is 9.14. The van der Waals surface area contributed by atoms with Crippen molar-refractivity contribution in [2.24, 2.45) is 23.6 Å². The van der Waals surface area contributed by atoms with Crippen molar-refractivity contribution >= 4 is 5.97 Å². The lowest BCUT2D eigenvalue weighted by Crippen LogP contribution is -2.59. The number of fused-ring (bicyclic) bond motifs is 2. The molecule has 3 bridgehead atoms. The van der Waals surface area contributed by atoms with Crippen LogP contribution in [-0.4, -0.2) is 102 Å². The molecule has 230 valence electrons. The van der Waals surface area contributed by atoms with Gasteiger partial charge in [-0.05, 0) is 67.1 Å². The number of aliphatic hydroxyl groups excluding tert-OH is 2. The summed E-state index contributed by atoms with van der Waals surface area (Å²) in [7, 11) is 3.84. The minimum Gasteiger partial charge on any atom is -0.459 e. The number of hydrogen-bond donors (Lipinski definition) is 4. The van der Waals surface area contributed by atoms with Crippen molar-refractivity contribution in [3.8, 4) is 0 Å². The average molecular weight is 570 g/mol. The highest BCUT2D eigenvalue weighted by atomic mass is 16.8. The molecule has 11 nitrogen and oxygen atoms in total. The van der Waals surface area contributed by atoms with Gasteiger partial charge in [-0.3, -0.25) is 16.1 Å². The molecular weight excluding hydrogens is 518 g/mol. The van der Waals surface area contributed by atoms with Gasteiger partial charge in [0, 0.05) is 30.0 Å². The van der Waals surface area contributed by atoms with Crippen LogP contribution in [0.25, 0.3) is 0 Å². The number of aliphatic hydroxyl groups is 2. The van der Waals surface area contributed by atoms with Crippen molar-refractivity contribution in [2.75, 3.05) is 20.6 Å². The molecule has 0 aromatic heterocycles. The number of ether oxygens (including phenoxy) is 5. The maximum absolute atomic E-state index is 13.4. The lowest BCUT2D eigenvalue weighted by atomic mass is 9.78. The zero-order valence-electron chi connectivity index (χ0n) is 25.5. The van der Waals surface area contributed by atoms with Crippen molar-refractivity contribution in [3.63, 3.8) is 0 Å². The van der Waals surface area contributed by atoms with Crippen molar-refractivity contribution in [1.29, 1.82) is 0 Å². The summed E-state index contributed by atoms with van der Waals surface area (Å²) in [6, 6.07) is -0.174. The standard InChI is InChI=1S/C29H51N3O8/c1-10-21-27(6)13-19(14-31-30)29(39-27)15(2)12-28(7,40-29)24(17(4)22(33)18(5)25(35)37-21)38-26-23(34)20(32(8)9)11-16(3)36-26/h13,15-18,20-24,26,31,33-34H,10-12,14,30H2,1-9H3/t15-,16-,17+,18-,20+,21-,22+,23-,24-,26?,27?,28?,29?/m1/s1. The molecule has 0 aromatic rings. The molecule has 0 saturated carbocycles. The monoisotopic (exact) mass is 569 g/mol. The second-order valence-electron chi connectivity index (χ2n) is 13.1. The normalized spacial score (nSPS) is 49.8. The molecule has 4 heterocycles. The second-order valence-corrected chi connectivity index (χ2v) is 13.1. The van der Waals surface area contributed by atoms with Crippen molar-refractivity contribution in [2.45, 2.75) is 128 Å². The summed E-state index contributed by atoms with van der Waals surface area (Å²) in [6.07, 6.45) is -0.851. The Morgan fingerprint density at radius 2 is 1.82 bits per heavy atom. The van der Waals surface area contributed by atoms with Gasteiger partial charge in [-0.2, -0.15) is 0 Å². The molecule has 3 saturated heterocycles. The number of nitrogens with one attached hydrogen (secondary N) is 1. The molecule has 4 aliphatic heterocycles. The van der Waals surface area contributed by atoms with Crippen LogP contribution in [0.2, 0.25) is 0 Å². The summed E-state index contributed by atoms with van der Waals surface area (Å²) >= 11 is 0. The smallest absolute Gasteiger partial charge is 0.311 e. The Hall–Kier alpha value is -1.15. The highest BCUT2D eigenvalue weighted by Gasteiger charge is 2.65. The summed E-state index contributed by atoms with van der Waals surface area (Å²) < 4.78 is 32.6. The van der Waals surface area contributed by atoms with E-state index in [1.165, 1.54) is 0 Å². The van der Waals surface area contributed by atoms with Gasteiger partial charge in [-0.25, -0.2) is 0 Å². The zero-order chi connectivity index (χ0) is 29.8. The van der Waals surface area contributed by atoms with Gasteiger partial charge in [-0.15, -0.1) is 0 Å². The number of nitrogens with zero attached hydrogens (tertiary/aromatic N) is 1. The first kappa shape index (κ1) is 31.8. The van der Waals surface area contributed by atoms with E-state index in [0.29, 0.717) is 25.8 Å². The molecule has 0 radical (unpaired) electrons. The molecule has 5 N–H and O–H groups in total. The third-order valence-electron chi connectivity index (χ3n) is 9.65. The summed E-state index contributed by atoms with van der Waals surface area (Å²) in [5.74, 6) is 2.57. The van der Waals surface area contributed by atoms with Crippen LogP contribution in [0.5, 0.6) is 0 Å². The van der Waals surface area contributed by atoms with Crippen molar-refractivity contribution in [3.05, 3.63) is 11.6 Å². The fraction of sp³-hybridized carbons (Fsp3) is 0.897. The first-order valence-electron chi connectivity index (χ1n) is 14.7. The van der Waals surface area contributed by atoms with Gasteiger partial charge < -0.3 is 38.8 Å². The summed E-state index contributed by atoms with van der Waals surface area (Å²) in [5.41, 5.74) is 1.62. The Morgan fingerprint density at radius 1 is 1.15 bits per heavy atom. The van der Waals surface area contributed by atoms with E-state index in [0.717, 1.165) is 5.57 Å². The van der Waals surface area contributed by atoms with E-state index < -0.39 is 65.5 Å². The molecule has 13 atom stereocenters. The number of hydrogen-bond acceptors (Lipinski definition) is 11. The number of carbonyl (C=O) groups is 1. The largest absolute Gasteiger partial charge is 0.459 e. The molecule has 0 aromatic carbocycles. The first-order chi connectivity index (χ1) is 18.6. The van der Waals surface area contributed by atoms with Crippen LogP contribution in [-0.2, 0) is 28.5 Å². The van der Waals surface area contributed by atoms with Gasteiger partial charge in [-0.1, -0.05) is 20.8 Å². The van der Waals surface area contributed by atoms with Gasteiger partial charge in [0.15, 0.2) is 12.1 Å². The SMILES string of the molecule is CC[C@H]1OC(=O)[C@H](C)[C@@H](O)[C@H](C)[C@@H](OC2O[C@H](C)C[C@H](N(C)C)[C@H]2O)C2(C)C[C@@H](C)C3(OC1(C)C=C3CNN)O2. The molecule has 4 unspecified atom stereocenters. The predicted molar refractivity (Wildman–Crippen MR) is 148 cm³/mol. The number of nitrogens with two attached hydrogens (primary N) is 1. The van der Waals surface area contributed by atoms with Crippen LogP contribution in [0.3, 0.4) is 0 Å². The van der Waals surface area contributed by atoms with E-state index in [1.54, 1.807) is 6.92 Å². The maximum atomic E-state index is 13.4. The van der Waals surface area contributed by atoms with Crippen LogP contribution in [0.4, 0.5) is 0 Å². The van der Waals surface area contributed by atoms with Gasteiger partial charge in [0.05, 0.1) is 29.8 Å². The molecule has 3 fully saturated rings. The first-order valence-corrected chi connectivity index (χ1v) is 14.7. The fourth-order valence-corrected chi connectivity index (χ4v) is 7.47. The van der Waals surface area contributed by atoms with Crippen molar-refractivity contribution in [1.82, 2.24) is 10.3 Å². The third-order valence-corrected chi connectivity index (χ3v) is 9.65. The van der Waals surface area contributed by atoms with E-state index in [9.17, 15) is 15.0 Å². The van der Waals surface area contributed by atoms with Gasteiger partial charge in [0.1, 0.15) is 17.8 Å². The maximum Gasteiger partial charge on any atom is 0.311 e. The summed E-state index contributed by atoms with van der Waals surface area (Å²) in [6.45, 7) is 13.6. The number of carbonyl (C=O) groups excluding carboxylic acids is 1. The Balaban J connectivity index is 1.80. The van der Waals surface area contributed by atoms with Crippen LogP contribution in [0.15, 0.2) is 11.6 Å². The lowest BCUT2D eigenvalue weighted by molar-refractivity contribution is -0.328. The molecule has 0 aliphatic carbocycles. The minimum atomic E-state index is -1.15. The topological polar surface area (TPSA) is 145 Å². The summed E-state index contributed by atoms with van der Waals surface area (Å²) in [4.78, 5) is 15.3. The highest BCUT2D eigenvalue weighted by molar-refractivity contribution is 5.73. The van der Waals surface area contributed by atoms with Crippen LogP contribution in [0.1, 0.15) is 67.7 Å². The third kappa shape index (κ3) is 5.38. The molecule has 1 spiro atoms. The Morgan fingerprint density at radius 3 is 2.42 bits per heavy atom. The lowest BCUT2D eigenvalue weighted by Gasteiger charge is -2.47. The predicted octanol–water partition coefficient (Wildman–Crippen LogP) is 1.46. The Bertz CT molecular complexity index is 966. The highest BCUT2D eigenvalue weighted by Crippen LogP contribution is 2.56. The number of cyclic esters (lactones) is 1. The quantitative estimate of drug-likeness (QED) is 0.160. The fourth-order valence-electron chi connectivity index (χ4n) is 7.47. The van der Waals surface area contributed by atoms with Gasteiger partial charge >= 0.3 is 5.97 Å². The van der Waals surface area contributed by atoms with E-state index in [1.807, 2.05) is 59.7 Å². The Labute approximate surface area is 238 Å². The molecule has 4 rings (SSSR count).